The van der Waals surface area contributed by atoms with E-state index in [2.05, 4.69) is 16.4 Å². The third-order valence-electron chi connectivity index (χ3n) is 0.634. The summed E-state index contributed by atoms with van der Waals surface area (Å²) in [7, 11) is 1.20. The van der Waals surface area contributed by atoms with Gasteiger partial charge in [-0.25, -0.2) is 0 Å². The molecule has 0 amide bonds. The van der Waals surface area contributed by atoms with Crippen LogP contribution in [0.1, 0.15) is 0 Å². The van der Waals surface area contributed by atoms with Gasteiger partial charge in [0, 0.05) is 7.11 Å². The molecule has 1 atom stereocenters. The fourth-order valence-electron chi connectivity index (χ4n) is 0.316. The van der Waals surface area contributed by atoms with Gasteiger partial charge in [-0.05, 0) is 6.92 Å². The second kappa shape index (κ2) is 4.22. The van der Waals surface area contributed by atoms with Gasteiger partial charge in [0.25, 0.3) is 0 Å². The highest BCUT2D eigenvalue weighted by Gasteiger charge is 2.17. The summed E-state index contributed by atoms with van der Waals surface area (Å²) in [4.78, 5) is 9.17. The molecule has 9 heavy (non-hydrogen) atoms. The van der Waals surface area contributed by atoms with Crippen LogP contribution >= 0.6 is 0 Å². The molecular weight excluding hydrogens is 126 g/mol. The maximum Gasteiger partial charge on any atom is 0.432 e. The van der Waals surface area contributed by atoms with Crippen molar-refractivity contribution in [3.63, 3.8) is 0 Å². The number of hydrogen-bond acceptors (Lipinski definition) is 4. The van der Waals surface area contributed by atoms with Gasteiger partial charge in [-0.2, -0.15) is 0 Å². The first-order valence-electron chi connectivity index (χ1n) is 2.29. The first-order chi connectivity index (χ1) is 4.22. The molecule has 5 heteroatoms. The van der Waals surface area contributed by atoms with Crippen LogP contribution in [0.2, 0.25) is 0 Å². The van der Waals surface area contributed by atoms with Crippen molar-refractivity contribution in [3.8, 4) is 0 Å². The molecule has 0 spiro atoms. The minimum atomic E-state index is -1.37. The van der Waals surface area contributed by atoms with E-state index < -0.39 is 11.3 Å². The zero-order valence-corrected chi connectivity index (χ0v) is 5.07. The van der Waals surface area contributed by atoms with Crippen LogP contribution in [-0.2, 0) is 9.47 Å². The Kier molecular flexibility index (Phi) is 3.90. The van der Waals surface area contributed by atoms with Gasteiger partial charge < -0.3 is 0 Å². The van der Waals surface area contributed by atoms with Gasteiger partial charge in [0.1, 0.15) is 0 Å². The molecule has 0 rings (SSSR count). The van der Waals surface area contributed by atoms with Crippen LogP contribution in [0, 0.1) is 17.0 Å². The number of nitrogens with zero attached hydrogens (tertiary/aromatic N) is 1. The molecule has 0 N–H and O–H groups in total. The lowest BCUT2D eigenvalue weighted by Crippen LogP contribution is -2.24. The van der Waals surface area contributed by atoms with E-state index >= 15 is 0 Å². The highest BCUT2D eigenvalue weighted by Crippen LogP contribution is 1.91. The van der Waals surface area contributed by atoms with E-state index in [1.165, 1.54) is 7.11 Å². The van der Waals surface area contributed by atoms with E-state index in [4.69, 9.17) is 0 Å². The van der Waals surface area contributed by atoms with Crippen molar-refractivity contribution in [2.24, 2.45) is 0 Å². The van der Waals surface area contributed by atoms with Crippen LogP contribution in [0.4, 0.5) is 0 Å². The largest absolute Gasteiger partial charge is 0.432 e. The Morgan fingerprint density at radius 2 is 2.44 bits per heavy atom. The molecule has 5 nitrogen and oxygen atoms in total. The Morgan fingerprint density at radius 1 is 1.89 bits per heavy atom. The number of ether oxygens (including phenoxy) is 2. The van der Waals surface area contributed by atoms with E-state index in [1.807, 2.05) is 0 Å². The van der Waals surface area contributed by atoms with Gasteiger partial charge >= 0.3 is 6.41 Å². The Balaban J connectivity index is 3.54. The summed E-state index contributed by atoms with van der Waals surface area (Å²) >= 11 is 0. The van der Waals surface area contributed by atoms with Crippen LogP contribution in [0.3, 0.4) is 0 Å². The fourth-order valence-corrected chi connectivity index (χ4v) is 0.316. The quantitative estimate of drug-likeness (QED) is 0.309. The molecule has 53 valence electrons. The third kappa shape index (κ3) is 2.99. The zero-order chi connectivity index (χ0) is 7.28. The van der Waals surface area contributed by atoms with Gasteiger partial charge in [-0.1, -0.05) is 0 Å². The first kappa shape index (κ1) is 8.32. The highest BCUT2D eigenvalue weighted by atomic mass is 16.8. The van der Waals surface area contributed by atoms with Crippen molar-refractivity contribution < 1.29 is 14.4 Å². The standard InChI is InChI=1S/C4H8NO4/c1-3-9-4(8-2)5(6)7/h4H,1,3H2,2H3. The molecular formula is C4H8NO4. The van der Waals surface area contributed by atoms with E-state index in [-0.39, 0.29) is 6.61 Å². The number of hydrogen-bond donors (Lipinski definition) is 0. The average Bonchev–Trinajstić information content (AvgIpc) is 1.82. The van der Waals surface area contributed by atoms with Crippen LogP contribution in [0.5, 0.6) is 0 Å². The molecule has 0 saturated heterocycles. The Labute approximate surface area is 52.7 Å². The van der Waals surface area contributed by atoms with Gasteiger partial charge in [0.2, 0.25) is 0 Å². The van der Waals surface area contributed by atoms with Crippen LogP contribution in [0.15, 0.2) is 0 Å². The van der Waals surface area contributed by atoms with Crippen LogP contribution < -0.4 is 0 Å². The third-order valence-corrected chi connectivity index (χ3v) is 0.634. The first-order valence-corrected chi connectivity index (χ1v) is 2.29. The van der Waals surface area contributed by atoms with E-state index in [1.54, 1.807) is 0 Å². The summed E-state index contributed by atoms with van der Waals surface area (Å²) in [5.74, 6) is 0. The topological polar surface area (TPSA) is 61.6 Å². The van der Waals surface area contributed by atoms with E-state index in [9.17, 15) is 10.1 Å². The lowest BCUT2D eigenvalue weighted by Gasteiger charge is -2.04. The molecule has 0 fully saturated rings. The summed E-state index contributed by atoms with van der Waals surface area (Å²) < 4.78 is 8.71. The number of nitro groups is 1. The maximum absolute atomic E-state index is 9.85. The minimum Gasteiger partial charge on any atom is -0.297 e. The molecule has 0 bridgehead atoms. The normalized spacial score (nSPS) is 13.1. The molecule has 1 radical (unpaired) electrons. The smallest absolute Gasteiger partial charge is 0.297 e. The second-order valence-electron chi connectivity index (χ2n) is 1.20. The van der Waals surface area contributed by atoms with Gasteiger partial charge in [-0.15, -0.1) is 0 Å². The van der Waals surface area contributed by atoms with Gasteiger partial charge in [-0.3, -0.25) is 19.6 Å². The predicted molar refractivity (Wildman–Crippen MR) is 29.1 cm³/mol. The monoisotopic (exact) mass is 134 g/mol. The van der Waals surface area contributed by atoms with Crippen molar-refractivity contribution >= 4 is 0 Å². The predicted octanol–water partition coefficient (Wildman–Crippen LogP) is 0.0438. The van der Waals surface area contributed by atoms with Gasteiger partial charge in [0.05, 0.1) is 11.5 Å². The Hall–Kier alpha value is -0.680. The SMILES string of the molecule is [CH2]COC(OC)[N+](=O)[O-]. The van der Waals surface area contributed by atoms with Crippen LogP contribution in [0.25, 0.3) is 0 Å². The number of methoxy groups -OCH3 is 1. The van der Waals surface area contributed by atoms with E-state index in [0.717, 1.165) is 0 Å². The number of rotatable bonds is 4. The Morgan fingerprint density at radius 3 is 2.56 bits per heavy atom. The molecule has 0 heterocycles. The second-order valence-corrected chi connectivity index (χ2v) is 1.20. The summed E-state index contributed by atoms with van der Waals surface area (Å²) in [6, 6.07) is 0. The van der Waals surface area contributed by atoms with E-state index in [0.29, 0.717) is 0 Å². The molecule has 0 aliphatic carbocycles. The summed E-state index contributed by atoms with van der Waals surface area (Å²) in [5.41, 5.74) is 0. The zero-order valence-electron chi connectivity index (χ0n) is 5.07. The van der Waals surface area contributed by atoms with Crippen molar-refractivity contribution in [1.82, 2.24) is 0 Å². The lowest BCUT2D eigenvalue weighted by atomic mass is 10.9. The lowest BCUT2D eigenvalue weighted by molar-refractivity contribution is -0.629. The molecule has 0 aromatic carbocycles. The molecule has 0 aliphatic rings. The van der Waals surface area contributed by atoms with Gasteiger partial charge in [0.15, 0.2) is 0 Å². The maximum atomic E-state index is 9.85. The molecule has 0 aromatic heterocycles. The Bertz CT molecular complexity index is 94.6. The van der Waals surface area contributed by atoms with Crippen molar-refractivity contribution in [1.29, 1.82) is 0 Å². The summed E-state index contributed by atoms with van der Waals surface area (Å²) in [5, 5.41) is 9.85. The van der Waals surface area contributed by atoms with Crippen molar-refractivity contribution in [2.45, 2.75) is 6.41 Å². The molecule has 1 unspecified atom stereocenters. The minimum absolute atomic E-state index is 0.0273. The summed E-state index contributed by atoms with van der Waals surface area (Å²) in [6.07, 6.45) is -1.37. The highest BCUT2D eigenvalue weighted by molar-refractivity contribution is 4.28. The fraction of sp³-hybridized carbons (Fsp3) is 0.750. The van der Waals surface area contributed by atoms with Crippen LogP contribution in [-0.4, -0.2) is 25.1 Å². The summed E-state index contributed by atoms with van der Waals surface area (Å²) in [6.45, 7) is 3.28. The molecule has 0 saturated carbocycles. The average molecular weight is 134 g/mol. The van der Waals surface area contributed by atoms with Crippen molar-refractivity contribution in [2.75, 3.05) is 13.7 Å². The molecule has 0 aromatic rings. The molecule has 0 aliphatic heterocycles. The van der Waals surface area contributed by atoms with Crippen molar-refractivity contribution in [3.05, 3.63) is 17.0 Å².